The van der Waals surface area contributed by atoms with Gasteiger partial charge in [-0.1, -0.05) is 41.9 Å². The molecular formula is C12H9ClFNS. The molecule has 1 nitrogen and oxygen atoms in total. The van der Waals surface area contributed by atoms with Crippen molar-refractivity contribution in [2.75, 3.05) is 0 Å². The number of pyridine rings is 1. The maximum absolute atomic E-state index is 12.8. The first kappa shape index (κ1) is 11.4. The molecule has 0 aliphatic carbocycles. The lowest BCUT2D eigenvalue weighted by atomic mass is 10.2. The molecule has 2 aromatic rings. The Kier molecular flexibility index (Phi) is 3.80. The van der Waals surface area contributed by atoms with E-state index in [0.717, 1.165) is 5.75 Å². The monoisotopic (exact) mass is 253 g/mol. The van der Waals surface area contributed by atoms with E-state index in [9.17, 15) is 4.39 Å². The van der Waals surface area contributed by atoms with Crippen molar-refractivity contribution in [1.82, 2.24) is 4.98 Å². The maximum atomic E-state index is 12.8. The molecule has 0 spiro atoms. The number of hydrogen-bond donors (Lipinski definition) is 0. The molecule has 0 saturated heterocycles. The van der Waals surface area contributed by atoms with Crippen molar-refractivity contribution in [2.24, 2.45) is 0 Å². The number of halogens is 2. The molecule has 0 aliphatic rings. The van der Waals surface area contributed by atoms with Crippen LogP contribution in [0.15, 0.2) is 47.6 Å². The lowest BCUT2D eigenvalue weighted by molar-refractivity contribution is 0.618. The predicted octanol–water partition coefficient (Wildman–Crippen LogP) is 4.17. The van der Waals surface area contributed by atoms with E-state index < -0.39 is 5.82 Å². The van der Waals surface area contributed by atoms with Gasteiger partial charge in [-0.15, -0.1) is 11.8 Å². The number of aromatic nitrogens is 1. The van der Waals surface area contributed by atoms with E-state index >= 15 is 0 Å². The van der Waals surface area contributed by atoms with Crippen molar-refractivity contribution in [3.8, 4) is 0 Å². The zero-order chi connectivity index (χ0) is 11.4. The molecule has 16 heavy (non-hydrogen) atoms. The lowest BCUT2D eigenvalue weighted by Gasteiger charge is -2.03. The van der Waals surface area contributed by atoms with E-state index in [0.29, 0.717) is 10.0 Å². The van der Waals surface area contributed by atoms with Gasteiger partial charge < -0.3 is 0 Å². The van der Waals surface area contributed by atoms with E-state index in [1.54, 1.807) is 0 Å². The number of benzene rings is 1. The Bertz CT molecular complexity index is 476. The smallest absolute Gasteiger partial charge is 0.143 e. The standard InChI is InChI=1S/C12H9ClFNS/c13-11-6-10(14)7-15-12(11)16-8-9-4-2-1-3-5-9/h1-7H,8H2. The zero-order valence-corrected chi connectivity index (χ0v) is 9.93. The van der Waals surface area contributed by atoms with Gasteiger partial charge in [0.1, 0.15) is 10.8 Å². The Hall–Kier alpha value is -1.06. The van der Waals surface area contributed by atoms with Crippen LogP contribution in [0.5, 0.6) is 0 Å². The summed E-state index contributed by atoms with van der Waals surface area (Å²) in [5, 5.41) is 1.02. The van der Waals surface area contributed by atoms with Gasteiger partial charge in [0, 0.05) is 5.75 Å². The van der Waals surface area contributed by atoms with Crippen LogP contribution in [0.2, 0.25) is 5.02 Å². The summed E-state index contributed by atoms with van der Waals surface area (Å²) in [6, 6.07) is 11.3. The summed E-state index contributed by atoms with van der Waals surface area (Å²) in [5.41, 5.74) is 1.19. The van der Waals surface area contributed by atoms with Crippen LogP contribution in [0.4, 0.5) is 4.39 Å². The highest BCUT2D eigenvalue weighted by Gasteiger charge is 2.04. The first-order chi connectivity index (χ1) is 7.75. The molecule has 0 fully saturated rings. The fourth-order valence-electron chi connectivity index (χ4n) is 1.23. The van der Waals surface area contributed by atoms with Crippen LogP contribution in [0, 0.1) is 5.82 Å². The Morgan fingerprint density at radius 1 is 1.25 bits per heavy atom. The number of hydrogen-bond acceptors (Lipinski definition) is 2. The summed E-state index contributed by atoms with van der Waals surface area (Å²) < 4.78 is 12.8. The second-order valence-electron chi connectivity index (χ2n) is 3.21. The number of nitrogens with zero attached hydrogens (tertiary/aromatic N) is 1. The van der Waals surface area contributed by atoms with E-state index in [4.69, 9.17) is 11.6 Å². The highest BCUT2D eigenvalue weighted by Crippen LogP contribution is 2.27. The molecule has 82 valence electrons. The summed E-state index contributed by atoms with van der Waals surface area (Å²) >= 11 is 7.37. The van der Waals surface area contributed by atoms with E-state index in [2.05, 4.69) is 4.98 Å². The third kappa shape index (κ3) is 2.97. The van der Waals surface area contributed by atoms with Crippen molar-refractivity contribution in [3.63, 3.8) is 0 Å². The summed E-state index contributed by atoms with van der Waals surface area (Å²) in [5.74, 6) is 0.369. The second kappa shape index (κ2) is 5.32. The minimum Gasteiger partial charge on any atom is -0.245 e. The third-order valence-electron chi connectivity index (χ3n) is 1.99. The van der Waals surface area contributed by atoms with Gasteiger partial charge in [-0.3, -0.25) is 0 Å². The first-order valence-electron chi connectivity index (χ1n) is 4.73. The molecule has 1 aromatic carbocycles. The molecular weight excluding hydrogens is 245 g/mol. The maximum Gasteiger partial charge on any atom is 0.143 e. The molecule has 0 bridgehead atoms. The van der Waals surface area contributed by atoms with Crippen LogP contribution in [-0.4, -0.2) is 4.98 Å². The largest absolute Gasteiger partial charge is 0.245 e. The molecule has 1 heterocycles. The van der Waals surface area contributed by atoms with Gasteiger partial charge in [-0.25, -0.2) is 9.37 Å². The minimum absolute atomic E-state index is 0.362. The van der Waals surface area contributed by atoms with Crippen LogP contribution in [0.1, 0.15) is 5.56 Å². The van der Waals surface area contributed by atoms with Crippen LogP contribution in [0.3, 0.4) is 0 Å². The van der Waals surface area contributed by atoms with Crippen molar-refractivity contribution in [1.29, 1.82) is 0 Å². The molecule has 0 saturated carbocycles. The molecule has 0 radical (unpaired) electrons. The van der Waals surface area contributed by atoms with Gasteiger partial charge in [-0.05, 0) is 11.6 Å². The van der Waals surface area contributed by atoms with E-state index in [1.165, 1.54) is 29.6 Å². The molecule has 2 rings (SSSR count). The topological polar surface area (TPSA) is 12.9 Å². The highest BCUT2D eigenvalue weighted by atomic mass is 35.5. The molecule has 0 aliphatic heterocycles. The summed E-state index contributed by atoms with van der Waals surface area (Å²) in [4.78, 5) is 3.95. The third-order valence-corrected chi connectivity index (χ3v) is 3.47. The first-order valence-corrected chi connectivity index (χ1v) is 6.10. The highest BCUT2D eigenvalue weighted by molar-refractivity contribution is 7.98. The lowest BCUT2D eigenvalue weighted by Crippen LogP contribution is -1.86. The molecule has 0 atom stereocenters. The van der Waals surface area contributed by atoms with Gasteiger partial charge >= 0.3 is 0 Å². The van der Waals surface area contributed by atoms with Crippen molar-refractivity contribution in [2.45, 2.75) is 10.8 Å². The minimum atomic E-state index is -0.408. The molecule has 0 unspecified atom stereocenters. The quantitative estimate of drug-likeness (QED) is 0.762. The Morgan fingerprint density at radius 2 is 2.00 bits per heavy atom. The fourth-order valence-corrected chi connectivity index (χ4v) is 2.37. The molecule has 4 heteroatoms. The Labute approximate surface area is 103 Å². The number of thioether (sulfide) groups is 1. The fraction of sp³-hybridized carbons (Fsp3) is 0.0833. The number of rotatable bonds is 3. The average Bonchev–Trinajstić information content (AvgIpc) is 2.29. The van der Waals surface area contributed by atoms with Gasteiger partial charge in [-0.2, -0.15) is 0 Å². The van der Waals surface area contributed by atoms with Crippen molar-refractivity contribution in [3.05, 3.63) is 59.0 Å². The van der Waals surface area contributed by atoms with Gasteiger partial charge in [0.2, 0.25) is 0 Å². The predicted molar refractivity (Wildman–Crippen MR) is 65.2 cm³/mol. The summed E-state index contributed by atoms with van der Waals surface area (Å²) in [6.07, 6.45) is 1.18. The van der Waals surface area contributed by atoms with Gasteiger partial charge in [0.05, 0.1) is 11.2 Å². The zero-order valence-electron chi connectivity index (χ0n) is 8.36. The normalized spacial score (nSPS) is 10.4. The second-order valence-corrected chi connectivity index (χ2v) is 4.59. The summed E-state index contributed by atoms with van der Waals surface area (Å²) in [7, 11) is 0. The van der Waals surface area contributed by atoms with Gasteiger partial charge in [0.15, 0.2) is 0 Å². The van der Waals surface area contributed by atoms with E-state index in [-0.39, 0.29) is 0 Å². The molecule has 0 N–H and O–H groups in total. The Morgan fingerprint density at radius 3 is 2.69 bits per heavy atom. The molecule has 1 aromatic heterocycles. The van der Waals surface area contributed by atoms with Crippen LogP contribution < -0.4 is 0 Å². The van der Waals surface area contributed by atoms with Crippen LogP contribution in [0.25, 0.3) is 0 Å². The Balaban J connectivity index is 2.05. The van der Waals surface area contributed by atoms with Crippen molar-refractivity contribution >= 4 is 23.4 Å². The van der Waals surface area contributed by atoms with Crippen LogP contribution >= 0.6 is 23.4 Å². The van der Waals surface area contributed by atoms with Crippen molar-refractivity contribution < 1.29 is 4.39 Å². The molecule has 0 amide bonds. The van der Waals surface area contributed by atoms with Crippen LogP contribution in [-0.2, 0) is 5.75 Å². The average molecular weight is 254 g/mol. The van der Waals surface area contributed by atoms with Gasteiger partial charge in [0.25, 0.3) is 0 Å². The summed E-state index contributed by atoms with van der Waals surface area (Å²) in [6.45, 7) is 0. The van der Waals surface area contributed by atoms with E-state index in [1.807, 2.05) is 30.3 Å². The SMILES string of the molecule is Fc1cnc(SCc2ccccc2)c(Cl)c1.